The van der Waals surface area contributed by atoms with Crippen molar-refractivity contribution >= 4 is 40.2 Å². The van der Waals surface area contributed by atoms with Crippen molar-refractivity contribution in [3.05, 3.63) is 106 Å². The number of aromatic nitrogens is 1. The molecule has 3 aromatic carbocycles. The van der Waals surface area contributed by atoms with Crippen LogP contribution in [0.15, 0.2) is 78.9 Å². The second kappa shape index (κ2) is 10.0. The number of amides is 1. The normalized spacial score (nSPS) is 20.2. The average Bonchev–Trinajstić information content (AvgIpc) is 3.34. The fourth-order valence-electron chi connectivity index (χ4n) is 5.81. The van der Waals surface area contributed by atoms with E-state index < -0.39 is 28.9 Å². The van der Waals surface area contributed by atoms with Crippen LogP contribution in [-0.2, 0) is 31.1 Å². The lowest BCUT2D eigenvalue weighted by Crippen LogP contribution is -2.44. The number of ketones is 1. The lowest BCUT2D eigenvalue weighted by atomic mass is 9.75. The first kappa shape index (κ1) is 26.7. The third-order valence-corrected chi connectivity index (χ3v) is 7.71. The van der Waals surface area contributed by atoms with Gasteiger partial charge in [0, 0.05) is 45.6 Å². The SMILES string of the molecule is CC(=O)NC(C)(C)Cc1c(C(c2ccccc2)C2C(=O)OC(C)(c3ccccc3)C2=O)[nH]c2ccc(Cl)cc12. The molecule has 0 radical (unpaired) electrons. The molecule has 4 aromatic rings. The van der Waals surface area contributed by atoms with Crippen molar-refractivity contribution in [2.45, 2.75) is 51.2 Å². The molecule has 0 spiro atoms. The number of carbonyl (C=O) groups excluding carboxylic acids is 3. The summed E-state index contributed by atoms with van der Waals surface area (Å²) in [5.74, 6) is -2.73. The van der Waals surface area contributed by atoms with Crippen LogP contribution in [0.1, 0.15) is 56.0 Å². The number of halogens is 1. The Morgan fingerprint density at radius 3 is 2.33 bits per heavy atom. The number of benzene rings is 3. The highest BCUT2D eigenvalue weighted by Crippen LogP contribution is 2.46. The first-order valence-corrected chi connectivity index (χ1v) is 13.3. The zero-order valence-corrected chi connectivity index (χ0v) is 23.1. The number of hydrogen-bond donors (Lipinski definition) is 2. The molecule has 39 heavy (non-hydrogen) atoms. The summed E-state index contributed by atoms with van der Waals surface area (Å²) in [6.07, 6.45) is 0.442. The van der Waals surface area contributed by atoms with Crippen LogP contribution in [0.25, 0.3) is 10.9 Å². The lowest BCUT2D eigenvalue weighted by molar-refractivity contribution is -0.152. The molecule has 0 aliphatic carbocycles. The molecule has 1 aliphatic rings. The van der Waals surface area contributed by atoms with Gasteiger partial charge in [0.2, 0.25) is 5.91 Å². The number of nitrogens with one attached hydrogen (secondary N) is 2. The minimum atomic E-state index is -1.40. The Morgan fingerprint density at radius 2 is 1.69 bits per heavy atom. The van der Waals surface area contributed by atoms with E-state index in [0.717, 1.165) is 27.7 Å². The molecule has 1 saturated heterocycles. The van der Waals surface area contributed by atoms with Gasteiger partial charge in [0.25, 0.3) is 0 Å². The van der Waals surface area contributed by atoms with Crippen LogP contribution in [0.4, 0.5) is 0 Å². The standard InChI is InChI=1S/C32H31ClN2O4/c1-19(36)35-31(2,3)18-24-23-17-22(33)15-16-25(23)34-28(24)26(20-11-7-5-8-12-20)27-29(37)32(4,39-30(27)38)21-13-9-6-10-14-21/h5-17,26-27,34H,18H2,1-4H3,(H,35,36). The maximum Gasteiger partial charge on any atom is 0.319 e. The molecule has 1 aromatic heterocycles. The van der Waals surface area contributed by atoms with E-state index in [0.29, 0.717) is 17.0 Å². The zero-order chi connectivity index (χ0) is 27.9. The maximum atomic E-state index is 14.2. The number of aromatic amines is 1. The number of Topliss-reactive ketones (excluding diaryl/α,β-unsaturated/α-hetero) is 1. The first-order chi connectivity index (χ1) is 18.5. The van der Waals surface area contributed by atoms with Crippen LogP contribution >= 0.6 is 11.6 Å². The summed E-state index contributed by atoms with van der Waals surface area (Å²) >= 11 is 6.42. The third kappa shape index (κ3) is 4.97. The summed E-state index contributed by atoms with van der Waals surface area (Å²) in [6, 6.07) is 24.2. The van der Waals surface area contributed by atoms with Gasteiger partial charge in [-0.2, -0.15) is 0 Å². The third-order valence-electron chi connectivity index (χ3n) is 7.47. The van der Waals surface area contributed by atoms with Crippen molar-refractivity contribution in [2.24, 2.45) is 5.92 Å². The van der Waals surface area contributed by atoms with Gasteiger partial charge in [0.15, 0.2) is 11.4 Å². The van der Waals surface area contributed by atoms with Crippen LogP contribution in [0.5, 0.6) is 0 Å². The van der Waals surface area contributed by atoms with E-state index in [1.165, 1.54) is 6.92 Å². The summed E-state index contributed by atoms with van der Waals surface area (Å²) < 4.78 is 5.89. The number of esters is 1. The number of hydrogen-bond acceptors (Lipinski definition) is 4. The Balaban J connectivity index is 1.72. The fourth-order valence-corrected chi connectivity index (χ4v) is 5.98. The quantitative estimate of drug-likeness (QED) is 0.219. The molecule has 0 saturated carbocycles. The van der Waals surface area contributed by atoms with Gasteiger partial charge in [-0.15, -0.1) is 0 Å². The molecule has 6 nitrogen and oxygen atoms in total. The molecule has 1 fully saturated rings. The van der Waals surface area contributed by atoms with E-state index in [-0.39, 0.29) is 11.7 Å². The van der Waals surface area contributed by atoms with E-state index in [9.17, 15) is 14.4 Å². The Kier molecular flexibility index (Phi) is 6.85. The van der Waals surface area contributed by atoms with Crippen molar-refractivity contribution in [3.63, 3.8) is 0 Å². The molecular formula is C32H31ClN2O4. The topological polar surface area (TPSA) is 88.3 Å². The molecule has 3 atom stereocenters. The molecule has 1 amide bonds. The highest BCUT2D eigenvalue weighted by molar-refractivity contribution is 6.31. The van der Waals surface area contributed by atoms with Crippen molar-refractivity contribution in [1.82, 2.24) is 10.3 Å². The van der Waals surface area contributed by atoms with Crippen molar-refractivity contribution in [3.8, 4) is 0 Å². The van der Waals surface area contributed by atoms with Gasteiger partial charge in [0.05, 0.1) is 0 Å². The minimum absolute atomic E-state index is 0.146. The van der Waals surface area contributed by atoms with Crippen LogP contribution < -0.4 is 5.32 Å². The Bertz CT molecular complexity index is 1560. The molecule has 2 N–H and O–H groups in total. The molecule has 3 unspecified atom stereocenters. The number of H-pyrrole nitrogens is 1. The van der Waals surface area contributed by atoms with Crippen molar-refractivity contribution in [1.29, 1.82) is 0 Å². The monoisotopic (exact) mass is 542 g/mol. The lowest BCUT2D eigenvalue weighted by Gasteiger charge is -2.28. The maximum absolute atomic E-state index is 14.2. The van der Waals surface area contributed by atoms with Gasteiger partial charge in [-0.1, -0.05) is 72.3 Å². The van der Waals surface area contributed by atoms with Gasteiger partial charge in [0.1, 0.15) is 5.92 Å². The summed E-state index contributed by atoms with van der Waals surface area (Å²) in [5, 5.41) is 4.46. The molecule has 0 bridgehead atoms. The highest BCUT2D eigenvalue weighted by Gasteiger charge is 2.57. The summed E-state index contributed by atoms with van der Waals surface area (Å²) in [5.41, 5.74) is 1.86. The number of fused-ring (bicyclic) bond motifs is 1. The largest absolute Gasteiger partial charge is 0.446 e. The molecular weight excluding hydrogens is 512 g/mol. The Hall–Kier alpha value is -3.90. The van der Waals surface area contributed by atoms with E-state index in [4.69, 9.17) is 16.3 Å². The Morgan fingerprint density at radius 1 is 1.05 bits per heavy atom. The van der Waals surface area contributed by atoms with E-state index >= 15 is 0 Å². The first-order valence-electron chi connectivity index (χ1n) is 13.0. The van der Waals surface area contributed by atoms with Gasteiger partial charge in [-0.05, 0) is 56.5 Å². The molecule has 7 heteroatoms. The van der Waals surface area contributed by atoms with E-state index in [1.807, 2.05) is 74.5 Å². The van der Waals surface area contributed by atoms with Crippen molar-refractivity contribution in [2.75, 3.05) is 0 Å². The van der Waals surface area contributed by atoms with Gasteiger partial charge < -0.3 is 15.0 Å². The zero-order valence-electron chi connectivity index (χ0n) is 22.4. The Labute approximate surface area is 232 Å². The minimum Gasteiger partial charge on any atom is -0.446 e. The predicted molar refractivity (Wildman–Crippen MR) is 152 cm³/mol. The number of rotatable bonds is 7. The molecule has 1 aliphatic heterocycles. The van der Waals surface area contributed by atoms with Crippen LogP contribution in [0.2, 0.25) is 5.02 Å². The van der Waals surface area contributed by atoms with Crippen molar-refractivity contribution < 1.29 is 19.1 Å². The summed E-state index contributed by atoms with van der Waals surface area (Å²) in [4.78, 5) is 43.4. The molecule has 2 heterocycles. The average molecular weight is 543 g/mol. The molecule has 200 valence electrons. The summed E-state index contributed by atoms with van der Waals surface area (Å²) in [6.45, 7) is 7.04. The number of cyclic esters (lactones) is 1. The fraction of sp³-hybridized carbons (Fsp3) is 0.281. The van der Waals surface area contributed by atoms with Gasteiger partial charge in [-0.3, -0.25) is 14.4 Å². The van der Waals surface area contributed by atoms with E-state index in [2.05, 4.69) is 10.3 Å². The van der Waals surface area contributed by atoms with Gasteiger partial charge in [-0.25, -0.2) is 0 Å². The number of carbonyl (C=O) groups is 3. The highest BCUT2D eigenvalue weighted by atomic mass is 35.5. The van der Waals surface area contributed by atoms with E-state index in [1.54, 1.807) is 25.1 Å². The van der Waals surface area contributed by atoms with Crippen LogP contribution in [0, 0.1) is 5.92 Å². The second-order valence-electron chi connectivity index (χ2n) is 11.0. The molecule has 5 rings (SSSR count). The van der Waals surface area contributed by atoms with Crippen LogP contribution in [-0.4, -0.2) is 28.2 Å². The smallest absolute Gasteiger partial charge is 0.319 e. The number of ether oxygens (including phenoxy) is 1. The van der Waals surface area contributed by atoms with Crippen LogP contribution in [0.3, 0.4) is 0 Å². The van der Waals surface area contributed by atoms with Gasteiger partial charge >= 0.3 is 5.97 Å². The summed E-state index contributed by atoms with van der Waals surface area (Å²) in [7, 11) is 0. The second-order valence-corrected chi connectivity index (χ2v) is 11.4. The predicted octanol–water partition coefficient (Wildman–Crippen LogP) is 6.07.